The van der Waals surface area contributed by atoms with E-state index >= 15 is 0 Å². The molecule has 0 amide bonds. The maximum Gasteiger partial charge on any atom is 0.161 e. The lowest BCUT2D eigenvalue weighted by atomic mass is 10.3. The molecule has 1 aliphatic rings. The second-order valence-corrected chi connectivity index (χ2v) is 4.21. The number of hydrogen-bond donors (Lipinski definition) is 1. The molecule has 0 saturated carbocycles. The first-order chi connectivity index (χ1) is 8.17. The van der Waals surface area contributed by atoms with E-state index in [1.54, 1.807) is 11.1 Å². The highest BCUT2D eigenvalue weighted by Gasteiger charge is 2.22. The normalized spacial score (nSPS) is 14.9. The minimum absolute atomic E-state index is 0.825. The number of aromatic nitrogens is 2. The molecule has 0 saturated heterocycles. The van der Waals surface area contributed by atoms with E-state index in [0.717, 1.165) is 36.9 Å². The summed E-state index contributed by atoms with van der Waals surface area (Å²) in [7, 11) is 3.80. The average molecular weight is 233 g/mol. The van der Waals surface area contributed by atoms with E-state index in [4.69, 9.17) is 0 Å². The van der Waals surface area contributed by atoms with Crippen LogP contribution in [0.3, 0.4) is 0 Å². The number of hydrogen-bond acceptors (Lipinski definition) is 4. The summed E-state index contributed by atoms with van der Waals surface area (Å²) in [5.41, 5.74) is 3.23. The Morgan fingerprint density at radius 1 is 1.59 bits per heavy atom. The van der Waals surface area contributed by atoms with Gasteiger partial charge in [-0.3, -0.25) is 0 Å². The van der Waals surface area contributed by atoms with Crippen LogP contribution in [-0.2, 0) is 19.6 Å². The summed E-state index contributed by atoms with van der Waals surface area (Å²) >= 11 is 0. The molecule has 0 aliphatic carbocycles. The van der Waals surface area contributed by atoms with E-state index in [1.807, 2.05) is 14.1 Å². The van der Waals surface area contributed by atoms with Crippen LogP contribution in [0.15, 0.2) is 17.8 Å². The quantitative estimate of drug-likeness (QED) is 0.622. The predicted molar refractivity (Wildman–Crippen MR) is 68.9 cm³/mol. The first-order valence-electron chi connectivity index (χ1n) is 5.85. The predicted octanol–water partition coefficient (Wildman–Crippen LogP) is 0.958. The van der Waals surface area contributed by atoms with E-state index in [2.05, 4.69) is 33.5 Å². The van der Waals surface area contributed by atoms with Crippen LogP contribution in [-0.4, -0.2) is 34.4 Å². The van der Waals surface area contributed by atoms with Gasteiger partial charge < -0.3 is 14.9 Å². The molecule has 1 aliphatic heterocycles. The molecule has 1 aromatic rings. The zero-order valence-corrected chi connectivity index (χ0v) is 10.7. The molecule has 0 radical (unpaired) electrons. The highest BCUT2D eigenvalue weighted by atomic mass is 15.4. The second-order valence-electron chi connectivity index (χ2n) is 4.21. The molecule has 0 atom stereocenters. The van der Waals surface area contributed by atoms with Gasteiger partial charge in [0.1, 0.15) is 5.71 Å². The second kappa shape index (κ2) is 4.71. The Kier molecular flexibility index (Phi) is 3.28. The van der Waals surface area contributed by atoms with Crippen molar-refractivity contribution in [2.24, 2.45) is 5.10 Å². The summed E-state index contributed by atoms with van der Waals surface area (Å²) in [4.78, 5) is 4.66. The minimum atomic E-state index is 0.825. The molecule has 17 heavy (non-hydrogen) atoms. The van der Waals surface area contributed by atoms with Gasteiger partial charge in [0.15, 0.2) is 5.82 Å². The molecular formula is C12H19N5. The van der Waals surface area contributed by atoms with E-state index in [-0.39, 0.29) is 0 Å². The molecule has 2 heterocycles. The van der Waals surface area contributed by atoms with Crippen molar-refractivity contribution >= 4 is 5.71 Å². The van der Waals surface area contributed by atoms with Crippen LogP contribution in [0, 0.1) is 0 Å². The molecule has 2 rings (SSSR count). The Hall–Kier alpha value is -1.62. The van der Waals surface area contributed by atoms with E-state index in [0.29, 0.717) is 0 Å². The van der Waals surface area contributed by atoms with Gasteiger partial charge in [-0.1, -0.05) is 6.58 Å². The molecule has 1 aromatic heterocycles. The maximum atomic E-state index is 4.66. The number of nitrogens with zero attached hydrogens (tertiary/aromatic N) is 4. The number of allylic oxidation sites excluding steroid dienone is 1. The van der Waals surface area contributed by atoms with Gasteiger partial charge in [-0.2, -0.15) is 5.10 Å². The van der Waals surface area contributed by atoms with Gasteiger partial charge in [0, 0.05) is 33.7 Å². The third-order valence-corrected chi connectivity index (χ3v) is 2.79. The zero-order valence-electron chi connectivity index (χ0n) is 10.7. The first-order valence-corrected chi connectivity index (χ1v) is 5.85. The fourth-order valence-electron chi connectivity index (χ4n) is 2.10. The minimum Gasteiger partial charge on any atom is -0.325 e. The Labute approximate surface area is 102 Å². The summed E-state index contributed by atoms with van der Waals surface area (Å²) in [6, 6.07) is 0. The molecule has 0 spiro atoms. The standard InChI is InChI=1S/C12H19N5/c1-5-9(15-16(3)4)12-14-10-7-13-8-11(10)17(12)6-2/h5,13H,1,6-8H2,2-4H3/b15-9+. The Morgan fingerprint density at radius 2 is 2.35 bits per heavy atom. The number of imidazole rings is 1. The molecule has 0 bridgehead atoms. The van der Waals surface area contributed by atoms with Crippen LogP contribution >= 0.6 is 0 Å². The topological polar surface area (TPSA) is 45.5 Å². The molecule has 1 N–H and O–H groups in total. The fourth-order valence-corrected chi connectivity index (χ4v) is 2.10. The SMILES string of the molecule is C=C/C(=N\N(C)C)c1nc2c(n1CC)CNC2. The number of fused-ring (bicyclic) bond motifs is 1. The van der Waals surface area contributed by atoms with E-state index in [1.165, 1.54) is 5.69 Å². The largest absolute Gasteiger partial charge is 0.325 e. The van der Waals surface area contributed by atoms with Gasteiger partial charge in [-0.25, -0.2) is 4.98 Å². The van der Waals surface area contributed by atoms with Gasteiger partial charge >= 0.3 is 0 Å². The van der Waals surface area contributed by atoms with Crippen LogP contribution in [0.1, 0.15) is 24.1 Å². The van der Waals surface area contributed by atoms with Gasteiger partial charge in [0.2, 0.25) is 0 Å². The summed E-state index contributed by atoms with van der Waals surface area (Å²) in [6.07, 6.45) is 1.76. The third kappa shape index (κ3) is 2.10. The van der Waals surface area contributed by atoms with Gasteiger partial charge in [-0.05, 0) is 13.0 Å². The van der Waals surface area contributed by atoms with Crippen LogP contribution < -0.4 is 5.32 Å². The summed E-state index contributed by atoms with van der Waals surface area (Å²) in [5.74, 6) is 0.919. The lowest BCUT2D eigenvalue weighted by Gasteiger charge is -2.10. The molecule has 92 valence electrons. The molecule has 0 fully saturated rings. The Morgan fingerprint density at radius 3 is 2.94 bits per heavy atom. The van der Waals surface area contributed by atoms with Crippen molar-refractivity contribution in [3.8, 4) is 0 Å². The monoisotopic (exact) mass is 233 g/mol. The van der Waals surface area contributed by atoms with Crippen molar-refractivity contribution in [2.45, 2.75) is 26.6 Å². The van der Waals surface area contributed by atoms with Crippen molar-refractivity contribution in [3.05, 3.63) is 29.9 Å². The third-order valence-electron chi connectivity index (χ3n) is 2.79. The van der Waals surface area contributed by atoms with Crippen LogP contribution in [0.2, 0.25) is 0 Å². The van der Waals surface area contributed by atoms with Crippen molar-refractivity contribution in [3.63, 3.8) is 0 Å². The highest BCUT2D eigenvalue weighted by molar-refractivity contribution is 6.06. The Bertz CT molecular complexity index is 456. The van der Waals surface area contributed by atoms with Crippen LogP contribution in [0.5, 0.6) is 0 Å². The van der Waals surface area contributed by atoms with Crippen molar-refractivity contribution in [1.82, 2.24) is 19.9 Å². The molecule has 5 nitrogen and oxygen atoms in total. The van der Waals surface area contributed by atoms with Crippen LogP contribution in [0.25, 0.3) is 0 Å². The molecule has 0 unspecified atom stereocenters. The van der Waals surface area contributed by atoms with Crippen molar-refractivity contribution < 1.29 is 0 Å². The smallest absolute Gasteiger partial charge is 0.161 e. The fraction of sp³-hybridized carbons (Fsp3) is 0.500. The number of rotatable bonds is 4. The lowest BCUT2D eigenvalue weighted by Crippen LogP contribution is -2.16. The molecular weight excluding hydrogens is 214 g/mol. The van der Waals surface area contributed by atoms with Crippen molar-refractivity contribution in [1.29, 1.82) is 0 Å². The van der Waals surface area contributed by atoms with E-state index < -0.39 is 0 Å². The molecule has 5 heteroatoms. The summed E-state index contributed by atoms with van der Waals surface area (Å²) < 4.78 is 2.21. The maximum absolute atomic E-state index is 4.66. The van der Waals surface area contributed by atoms with Gasteiger partial charge in [-0.15, -0.1) is 0 Å². The highest BCUT2D eigenvalue weighted by Crippen LogP contribution is 2.18. The molecule has 0 aromatic carbocycles. The van der Waals surface area contributed by atoms with Gasteiger partial charge in [0.05, 0.1) is 11.4 Å². The Balaban J connectivity index is 2.48. The number of hydrazone groups is 1. The van der Waals surface area contributed by atoms with E-state index in [9.17, 15) is 0 Å². The first kappa shape index (κ1) is 11.9. The average Bonchev–Trinajstić information content (AvgIpc) is 2.84. The zero-order chi connectivity index (χ0) is 12.4. The summed E-state index contributed by atoms with van der Waals surface area (Å²) in [6.45, 7) is 8.59. The van der Waals surface area contributed by atoms with Crippen LogP contribution in [0.4, 0.5) is 0 Å². The van der Waals surface area contributed by atoms with Crippen molar-refractivity contribution in [2.75, 3.05) is 14.1 Å². The van der Waals surface area contributed by atoms with Gasteiger partial charge in [0.25, 0.3) is 0 Å². The summed E-state index contributed by atoms with van der Waals surface area (Å²) in [5, 5.41) is 9.50. The lowest BCUT2D eigenvalue weighted by molar-refractivity contribution is 0.438. The number of nitrogens with one attached hydrogen (secondary N) is 1.